The van der Waals surface area contributed by atoms with Crippen LogP contribution in [-0.2, 0) is 19.5 Å². The summed E-state index contributed by atoms with van der Waals surface area (Å²) in [5.74, 6) is -0.206. The number of carbonyl (C=O) groups excluding carboxylic acids is 2. The Morgan fingerprint density at radius 2 is 1.66 bits per heavy atom. The summed E-state index contributed by atoms with van der Waals surface area (Å²) < 4.78 is 2.11. The Hall–Kier alpha value is -4.19. The highest BCUT2D eigenvalue weighted by Gasteiger charge is 2.25. The van der Waals surface area contributed by atoms with Crippen molar-refractivity contribution in [2.45, 2.75) is 33.4 Å². The number of nitrogens with one attached hydrogen (secondary N) is 1. The van der Waals surface area contributed by atoms with E-state index in [1.807, 2.05) is 36.4 Å². The van der Waals surface area contributed by atoms with Gasteiger partial charge < -0.3 is 14.8 Å². The molecule has 176 valence electrons. The SMILES string of the molecule is Cc1ccc(-n2cnc3c2CCN(C(=O)c2ccc(C(=O)NCc4cccc(C)c4)cc2)C3)cc1. The molecule has 2 amide bonds. The van der Waals surface area contributed by atoms with Crippen LogP contribution in [0, 0.1) is 13.8 Å². The third kappa shape index (κ3) is 4.87. The third-order valence-corrected chi connectivity index (χ3v) is 6.44. The number of hydrogen-bond acceptors (Lipinski definition) is 3. The van der Waals surface area contributed by atoms with Crippen LogP contribution in [0.3, 0.4) is 0 Å². The predicted molar refractivity (Wildman–Crippen MR) is 136 cm³/mol. The van der Waals surface area contributed by atoms with Crippen LogP contribution in [-0.4, -0.2) is 32.8 Å². The molecule has 1 N–H and O–H groups in total. The largest absolute Gasteiger partial charge is 0.348 e. The van der Waals surface area contributed by atoms with Crippen LogP contribution < -0.4 is 5.32 Å². The van der Waals surface area contributed by atoms with Crippen molar-refractivity contribution in [1.29, 1.82) is 0 Å². The lowest BCUT2D eigenvalue weighted by atomic mass is 10.1. The summed E-state index contributed by atoms with van der Waals surface area (Å²) in [6.07, 6.45) is 2.59. The summed E-state index contributed by atoms with van der Waals surface area (Å²) >= 11 is 0. The first kappa shape index (κ1) is 22.6. The van der Waals surface area contributed by atoms with E-state index in [1.54, 1.807) is 24.3 Å². The van der Waals surface area contributed by atoms with Gasteiger partial charge in [0.15, 0.2) is 0 Å². The van der Waals surface area contributed by atoms with Gasteiger partial charge in [0, 0.05) is 42.0 Å². The van der Waals surface area contributed by atoms with Crippen LogP contribution in [0.4, 0.5) is 0 Å². The molecule has 1 aliphatic rings. The maximum atomic E-state index is 13.1. The molecule has 6 heteroatoms. The lowest BCUT2D eigenvalue weighted by Crippen LogP contribution is -2.36. The van der Waals surface area contributed by atoms with Gasteiger partial charge in [-0.05, 0) is 55.8 Å². The number of nitrogens with zero attached hydrogens (tertiary/aromatic N) is 3. The molecular formula is C29H28N4O2. The van der Waals surface area contributed by atoms with Crippen molar-refractivity contribution in [2.24, 2.45) is 0 Å². The average Bonchev–Trinajstić information content (AvgIpc) is 3.31. The molecule has 4 aromatic rings. The van der Waals surface area contributed by atoms with Crippen molar-refractivity contribution in [3.8, 4) is 5.69 Å². The number of fused-ring (bicyclic) bond motifs is 1. The molecule has 0 saturated heterocycles. The summed E-state index contributed by atoms with van der Waals surface area (Å²) in [7, 11) is 0. The van der Waals surface area contributed by atoms with Crippen LogP contribution in [0.15, 0.2) is 79.1 Å². The Labute approximate surface area is 205 Å². The molecule has 2 heterocycles. The highest BCUT2D eigenvalue weighted by Crippen LogP contribution is 2.23. The highest BCUT2D eigenvalue weighted by atomic mass is 16.2. The van der Waals surface area contributed by atoms with Crippen LogP contribution in [0.1, 0.15) is 48.8 Å². The van der Waals surface area contributed by atoms with Gasteiger partial charge in [0.25, 0.3) is 11.8 Å². The van der Waals surface area contributed by atoms with E-state index in [4.69, 9.17) is 0 Å². The summed E-state index contributed by atoms with van der Waals surface area (Å²) in [5.41, 5.74) is 7.70. The van der Waals surface area contributed by atoms with Crippen molar-refractivity contribution >= 4 is 11.8 Å². The van der Waals surface area contributed by atoms with Gasteiger partial charge in [-0.3, -0.25) is 9.59 Å². The van der Waals surface area contributed by atoms with Crippen molar-refractivity contribution in [3.63, 3.8) is 0 Å². The maximum absolute atomic E-state index is 13.1. The second-order valence-electron chi connectivity index (χ2n) is 9.07. The summed E-state index contributed by atoms with van der Waals surface area (Å²) in [6.45, 7) is 5.67. The zero-order valence-corrected chi connectivity index (χ0v) is 20.0. The van der Waals surface area contributed by atoms with Crippen LogP contribution in [0.2, 0.25) is 0 Å². The van der Waals surface area contributed by atoms with E-state index in [0.717, 1.165) is 34.6 Å². The molecule has 1 aromatic heterocycles. The summed E-state index contributed by atoms with van der Waals surface area (Å²) in [4.78, 5) is 32.1. The number of aromatic nitrogens is 2. The van der Waals surface area contributed by atoms with Gasteiger partial charge in [0.05, 0.1) is 18.6 Å². The second kappa shape index (κ2) is 9.58. The van der Waals surface area contributed by atoms with Crippen molar-refractivity contribution in [1.82, 2.24) is 19.8 Å². The zero-order valence-electron chi connectivity index (χ0n) is 20.0. The Bertz CT molecular complexity index is 1370. The summed E-state index contributed by atoms with van der Waals surface area (Å²) in [5, 5.41) is 2.94. The molecule has 0 atom stereocenters. The predicted octanol–water partition coefficient (Wildman–Crippen LogP) is 4.62. The van der Waals surface area contributed by atoms with E-state index in [0.29, 0.717) is 30.8 Å². The molecule has 6 nitrogen and oxygen atoms in total. The normalized spacial score (nSPS) is 12.8. The van der Waals surface area contributed by atoms with E-state index >= 15 is 0 Å². The Kier molecular flexibility index (Phi) is 6.19. The Balaban J connectivity index is 1.23. The number of rotatable bonds is 5. The van der Waals surface area contributed by atoms with E-state index in [2.05, 4.69) is 52.1 Å². The number of amides is 2. The lowest BCUT2D eigenvalue weighted by molar-refractivity contribution is 0.0731. The highest BCUT2D eigenvalue weighted by molar-refractivity contribution is 5.97. The molecule has 0 unspecified atom stereocenters. The number of imidazole rings is 1. The molecule has 1 aliphatic heterocycles. The second-order valence-corrected chi connectivity index (χ2v) is 9.07. The molecule has 0 spiro atoms. The fourth-order valence-corrected chi connectivity index (χ4v) is 4.46. The van der Waals surface area contributed by atoms with Gasteiger partial charge in [-0.15, -0.1) is 0 Å². The van der Waals surface area contributed by atoms with Crippen LogP contribution >= 0.6 is 0 Å². The quantitative estimate of drug-likeness (QED) is 0.469. The van der Waals surface area contributed by atoms with E-state index in [1.165, 1.54) is 5.56 Å². The van der Waals surface area contributed by atoms with Crippen LogP contribution in [0.25, 0.3) is 5.69 Å². The number of hydrogen-bond donors (Lipinski definition) is 1. The topological polar surface area (TPSA) is 67.2 Å². The molecule has 0 bridgehead atoms. The van der Waals surface area contributed by atoms with E-state index < -0.39 is 0 Å². The monoisotopic (exact) mass is 464 g/mol. The number of aryl methyl sites for hydroxylation is 2. The first-order chi connectivity index (χ1) is 17.0. The van der Waals surface area contributed by atoms with Crippen molar-refractivity contribution in [2.75, 3.05) is 6.54 Å². The first-order valence-electron chi connectivity index (χ1n) is 11.8. The molecule has 3 aromatic carbocycles. The zero-order chi connectivity index (χ0) is 24.4. The molecule has 5 rings (SSSR count). The van der Waals surface area contributed by atoms with E-state index in [-0.39, 0.29) is 11.8 Å². The molecule has 0 aliphatic carbocycles. The van der Waals surface area contributed by atoms with E-state index in [9.17, 15) is 9.59 Å². The average molecular weight is 465 g/mol. The third-order valence-electron chi connectivity index (χ3n) is 6.44. The minimum Gasteiger partial charge on any atom is -0.348 e. The van der Waals surface area contributed by atoms with Gasteiger partial charge in [0.1, 0.15) is 0 Å². The smallest absolute Gasteiger partial charge is 0.254 e. The molecule has 0 saturated carbocycles. The molecule has 0 radical (unpaired) electrons. The number of benzene rings is 3. The van der Waals surface area contributed by atoms with Gasteiger partial charge >= 0.3 is 0 Å². The number of carbonyl (C=O) groups is 2. The fraction of sp³-hybridized carbons (Fsp3) is 0.207. The van der Waals surface area contributed by atoms with Crippen LogP contribution in [0.5, 0.6) is 0 Å². The first-order valence-corrected chi connectivity index (χ1v) is 11.8. The fourth-order valence-electron chi connectivity index (χ4n) is 4.46. The van der Waals surface area contributed by atoms with Gasteiger partial charge in [-0.25, -0.2) is 4.98 Å². The van der Waals surface area contributed by atoms with Crippen molar-refractivity contribution < 1.29 is 9.59 Å². The molecule has 0 fully saturated rings. The summed E-state index contributed by atoms with van der Waals surface area (Å²) in [6, 6.07) is 23.3. The lowest BCUT2D eigenvalue weighted by Gasteiger charge is -2.27. The standard InChI is InChI=1S/C29H28N4O2/c1-20-6-12-25(13-7-20)33-19-31-26-18-32(15-14-27(26)33)29(35)24-10-8-23(9-11-24)28(34)30-17-22-5-3-4-21(2)16-22/h3-13,16,19H,14-15,17-18H2,1-2H3,(H,30,34). The van der Waals surface area contributed by atoms with Gasteiger partial charge in [-0.2, -0.15) is 0 Å². The Morgan fingerprint density at radius 3 is 2.40 bits per heavy atom. The van der Waals surface area contributed by atoms with Gasteiger partial charge in [0.2, 0.25) is 0 Å². The minimum absolute atomic E-state index is 0.0488. The molecule has 35 heavy (non-hydrogen) atoms. The van der Waals surface area contributed by atoms with Gasteiger partial charge in [-0.1, -0.05) is 47.5 Å². The van der Waals surface area contributed by atoms with Crippen molar-refractivity contribution in [3.05, 3.63) is 118 Å². The Morgan fingerprint density at radius 1 is 0.914 bits per heavy atom. The maximum Gasteiger partial charge on any atom is 0.254 e. The minimum atomic E-state index is -0.158. The molecular weight excluding hydrogens is 436 g/mol.